The number of aryl methyl sites for hydroxylation is 1. The summed E-state index contributed by atoms with van der Waals surface area (Å²) < 4.78 is 59.1. The molecule has 178 valence electrons. The van der Waals surface area contributed by atoms with Crippen LogP contribution in [0.2, 0.25) is 0 Å². The van der Waals surface area contributed by atoms with Crippen LogP contribution in [0.3, 0.4) is 0 Å². The lowest BCUT2D eigenvalue weighted by atomic mass is 10.0. The zero-order chi connectivity index (χ0) is 23.6. The minimum Gasteiger partial charge on any atom is -0.379 e. The van der Waals surface area contributed by atoms with Crippen molar-refractivity contribution in [2.45, 2.75) is 24.3 Å². The lowest BCUT2D eigenvalue weighted by Crippen LogP contribution is -2.43. The Bertz CT molecular complexity index is 1220. The van der Waals surface area contributed by atoms with Gasteiger partial charge in [0.25, 0.3) is 0 Å². The number of sulfonamides is 2. The fourth-order valence-corrected chi connectivity index (χ4v) is 6.62. The first-order valence-corrected chi connectivity index (χ1v) is 13.8. The van der Waals surface area contributed by atoms with Crippen LogP contribution in [0.5, 0.6) is 0 Å². The molecule has 2 aromatic carbocycles. The Kier molecular flexibility index (Phi) is 6.87. The van der Waals surface area contributed by atoms with Gasteiger partial charge in [0.1, 0.15) is 0 Å². The normalized spacial score (nSPS) is 20.2. The predicted molar refractivity (Wildman–Crippen MR) is 124 cm³/mol. The molecule has 9 nitrogen and oxygen atoms in total. The summed E-state index contributed by atoms with van der Waals surface area (Å²) in [7, 11) is -7.56. The molecule has 1 amide bonds. The Morgan fingerprint density at radius 2 is 1.79 bits per heavy atom. The van der Waals surface area contributed by atoms with E-state index < -0.39 is 26.0 Å². The van der Waals surface area contributed by atoms with Gasteiger partial charge in [-0.15, -0.1) is 0 Å². The maximum absolute atomic E-state index is 13.0. The minimum absolute atomic E-state index is 0.000244. The van der Waals surface area contributed by atoms with Crippen molar-refractivity contribution in [3.63, 3.8) is 0 Å². The molecule has 2 aliphatic heterocycles. The first-order chi connectivity index (χ1) is 15.7. The summed E-state index contributed by atoms with van der Waals surface area (Å²) in [5.41, 5.74) is 2.26. The van der Waals surface area contributed by atoms with E-state index >= 15 is 0 Å². The third kappa shape index (κ3) is 5.28. The van der Waals surface area contributed by atoms with Gasteiger partial charge in [0.15, 0.2) is 0 Å². The Hall–Kier alpha value is -2.31. The number of ether oxygens (including phenoxy) is 1. The maximum Gasteiger partial charge on any atom is 0.242 e. The highest BCUT2D eigenvalue weighted by Crippen LogP contribution is 2.27. The van der Waals surface area contributed by atoms with Crippen LogP contribution in [0.15, 0.2) is 53.4 Å². The lowest BCUT2D eigenvalue weighted by Gasteiger charge is -2.35. The van der Waals surface area contributed by atoms with Gasteiger partial charge in [0.05, 0.1) is 29.5 Å². The van der Waals surface area contributed by atoms with E-state index in [2.05, 4.69) is 15.7 Å². The Labute approximate surface area is 194 Å². The topological polar surface area (TPSA) is 113 Å². The van der Waals surface area contributed by atoms with Crippen LogP contribution in [0.4, 0.5) is 5.69 Å². The van der Waals surface area contributed by atoms with Gasteiger partial charge >= 0.3 is 0 Å². The number of rotatable bonds is 7. The summed E-state index contributed by atoms with van der Waals surface area (Å²) in [6.45, 7) is 4.76. The number of anilines is 1. The number of nitrogens with zero attached hydrogens (tertiary/aromatic N) is 2. The van der Waals surface area contributed by atoms with E-state index in [9.17, 15) is 21.6 Å². The number of hydrogen-bond donors (Lipinski definition) is 1. The van der Waals surface area contributed by atoms with Crippen molar-refractivity contribution in [1.82, 2.24) is 9.62 Å². The van der Waals surface area contributed by atoms with Crippen molar-refractivity contribution in [3.8, 4) is 0 Å². The molecule has 2 aromatic rings. The number of amides is 1. The summed E-state index contributed by atoms with van der Waals surface area (Å²) in [6.07, 6.45) is -0.0776. The Balaban J connectivity index is 1.52. The monoisotopic (exact) mass is 493 g/mol. The highest BCUT2D eigenvalue weighted by Gasteiger charge is 2.36. The molecule has 2 saturated heterocycles. The summed E-state index contributed by atoms with van der Waals surface area (Å²) in [6, 6.07) is 13.2. The zero-order valence-electron chi connectivity index (χ0n) is 18.3. The third-order valence-electron chi connectivity index (χ3n) is 5.84. The summed E-state index contributed by atoms with van der Waals surface area (Å²) in [5, 5.41) is 0. The molecule has 0 saturated carbocycles. The second kappa shape index (κ2) is 9.51. The number of carbonyl (C=O) groups is 1. The fourth-order valence-electron chi connectivity index (χ4n) is 4.13. The number of nitrogens with one attached hydrogen (secondary N) is 1. The fraction of sp³-hybridized carbons (Fsp3) is 0.409. The molecule has 2 aliphatic rings. The first kappa shape index (κ1) is 23.8. The van der Waals surface area contributed by atoms with Crippen molar-refractivity contribution >= 4 is 31.6 Å². The van der Waals surface area contributed by atoms with Gasteiger partial charge in [-0.25, -0.2) is 25.9 Å². The van der Waals surface area contributed by atoms with E-state index in [4.69, 9.17) is 4.74 Å². The van der Waals surface area contributed by atoms with Crippen LogP contribution in [0, 0.1) is 6.92 Å². The molecule has 0 spiro atoms. The highest BCUT2D eigenvalue weighted by atomic mass is 32.2. The summed E-state index contributed by atoms with van der Waals surface area (Å²) >= 11 is 0. The second-order valence-corrected chi connectivity index (χ2v) is 11.9. The first-order valence-electron chi connectivity index (χ1n) is 10.7. The molecule has 4 rings (SSSR count). The molecule has 0 bridgehead atoms. The van der Waals surface area contributed by atoms with Crippen LogP contribution >= 0.6 is 0 Å². The van der Waals surface area contributed by atoms with E-state index in [1.165, 1.54) is 24.3 Å². The Morgan fingerprint density at radius 3 is 2.39 bits per heavy atom. The van der Waals surface area contributed by atoms with Crippen LogP contribution in [0.25, 0.3) is 0 Å². The van der Waals surface area contributed by atoms with Crippen LogP contribution in [-0.4, -0.2) is 66.2 Å². The van der Waals surface area contributed by atoms with Crippen molar-refractivity contribution in [3.05, 3.63) is 59.7 Å². The van der Waals surface area contributed by atoms with Gasteiger partial charge in [-0.2, -0.15) is 0 Å². The molecule has 0 radical (unpaired) electrons. The van der Waals surface area contributed by atoms with Crippen molar-refractivity contribution in [1.29, 1.82) is 0 Å². The highest BCUT2D eigenvalue weighted by molar-refractivity contribution is 7.94. The quantitative estimate of drug-likeness (QED) is 0.621. The van der Waals surface area contributed by atoms with Crippen molar-refractivity contribution in [2.75, 3.05) is 42.9 Å². The molecule has 0 aromatic heterocycles. The van der Waals surface area contributed by atoms with E-state index in [-0.39, 0.29) is 35.3 Å². The van der Waals surface area contributed by atoms with Crippen molar-refractivity contribution < 1.29 is 26.4 Å². The molecule has 0 unspecified atom stereocenters. The van der Waals surface area contributed by atoms with Crippen LogP contribution in [0.1, 0.15) is 23.6 Å². The average molecular weight is 494 g/mol. The zero-order valence-corrected chi connectivity index (χ0v) is 19.9. The molecular weight excluding hydrogens is 466 g/mol. The lowest BCUT2D eigenvalue weighted by molar-refractivity contribution is -0.116. The van der Waals surface area contributed by atoms with Crippen molar-refractivity contribution in [2.24, 2.45) is 0 Å². The standard InChI is InChI=1S/C22H27N3O6S2/c1-17-3-2-4-18(15-17)21(24-10-12-31-13-11-24)16-23-33(29,30)20-7-5-19(6-8-20)25-22(26)9-14-32(25,27)28/h2-8,15,21,23H,9-14,16H2,1H3/t21-/m0/s1. The molecule has 2 fully saturated rings. The Morgan fingerprint density at radius 1 is 1.09 bits per heavy atom. The molecule has 2 heterocycles. The second-order valence-electron chi connectivity index (χ2n) is 8.15. The van der Waals surface area contributed by atoms with Crippen LogP contribution < -0.4 is 9.03 Å². The number of benzene rings is 2. The minimum atomic E-state index is -3.86. The largest absolute Gasteiger partial charge is 0.379 e. The molecular formula is C22H27N3O6S2. The number of morpholine rings is 1. The SMILES string of the molecule is Cc1cccc([C@H](CNS(=O)(=O)c2ccc(N3C(=O)CCS3(=O)=O)cc2)N2CCOCC2)c1. The van der Waals surface area contributed by atoms with Crippen LogP contribution in [-0.2, 0) is 29.6 Å². The van der Waals surface area contributed by atoms with E-state index in [1.54, 1.807) is 0 Å². The number of hydrogen-bond acceptors (Lipinski definition) is 7. The van der Waals surface area contributed by atoms with E-state index in [0.717, 1.165) is 15.4 Å². The van der Waals surface area contributed by atoms with Gasteiger partial charge in [-0.3, -0.25) is 9.69 Å². The van der Waals surface area contributed by atoms with Gasteiger partial charge in [0, 0.05) is 32.1 Å². The predicted octanol–water partition coefficient (Wildman–Crippen LogP) is 1.41. The molecule has 1 N–H and O–H groups in total. The molecule has 0 aliphatic carbocycles. The smallest absolute Gasteiger partial charge is 0.242 e. The van der Waals surface area contributed by atoms with Gasteiger partial charge < -0.3 is 4.74 Å². The average Bonchev–Trinajstić information content (AvgIpc) is 3.07. The van der Waals surface area contributed by atoms with E-state index in [1.807, 2.05) is 25.1 Å². The molecule has 11 heteroatoms. The number of carbonyl (C=O) groups excluding carboxylic acids is 1. The summed E-state index contributed by atoms with van der Waals surface area (Å²) in [5.74, 6) is -0.759. The van der Waals surface area contributed by atoms with E-state index in [0.29, 0.717) is 26.3 Å². The molecule has 1 atom stereocenters. The maximum atomic E-state index is 13.0. The molecule has 33 heavy (non-hydrogen) atoms. The van der Waals surface area contributed by atoms with Gasteiger partial charge in [-0.1, -0.05) is 29.8 Å². The van der Waals surface area contributed by atoms with Gasteiger partial charge in [0.2, 0.25) is 26.0 Å². The summed E-state index contributed by atoms with van der Waals surface area (Å²) in [4.78, 5) is 14.2. The third-order valence-corrected chi connectivity index (χ3v) is 8.97. The van der Waals surface area contributed by atoms with Gasteiger partial charge in [-0.05, 0) is 36.8 Å².